The predicted molar refractivity (Wildman–Crippen MR) is 100 cm³/mol. The van der Waals surface area contributed by atoms with Gasteiger partial charge in [0.25, 0.3) is 0 Å². The Labute approximate surface area is 154 Å². The van der Waals surface area contributed by atoms with Crippen molar-refractivity contribution in [3.05, 3.63) is 30.1 Å². The molecule has 1 heterocycles. The summed E-state index contributed by atoms with van der Waals surface area (Å²) >= 11 is 0. The molecule has 0 aromatic heterocycles. The highest BCUT2D eigenvalue weighted by Gasteiger charge is 2.29. The van der Waals surface area contributed by atoms with E-state index in [0.29, 0.717) is 51.6 Å². The number of halogens is 1. The lowest BCUT2D eigenvalue weighted by atomic mass is 9.95. The minimum atomic E-state index is -0.811. The molecular weight excluding hydrogens is 337 g/mol. The van der Waals surface area contributed by atoms with Crippen LogP contribution in [0.1, 0.15) is 33.1 Å². The molecule has 1 aliphatic heterocycles. The zero-order valence-corrected chi connectivity index (χ0v) is 15.6. The first-order chi connectivity index (χ1) is 12.6. The number of hydrogen-bond donors (Lipinski definition) is 3. The van der Waals surface area contributed by atoms with E-state index >= 15 is 0 Å². The van der Waals surface area contributed by atoms with Gasteiger partial charge in [0, 0.05) is 32.6 Å². The number of ether oxygens (including phenoxy) is 2. The maximum absolute atomic E-state index is 13.8. The van der Waals surface area contributed by atoms with Crippen molar-refractivity contribution >= 4 is 5.96 Å². The Kier molecular flexibility index (Phi) is 8.12. The van der Waals surface area contributed by atoms with E-state index in [9.17, 15) is 9.50 Å². The smallest absolute Gasteiger partial charge is 0.191 e. The van der Waals surface area contributed by atoms with E-state index in [1.807, 2.05) is 13.8 Å². The Balaban J connectivity index is 1.91. The third kappa shape index (κ3) is 6.46. The fourth-order valence-corrected chi connectivity index (χ4v) is 2.68. The third-order valence-corrected chi connectivity index (χ3v) is 4.38. The standard InChI is InChI=1S/C19H30FN3O3/c1-3-15(26-17-8-6-5-7-16(17)20)13-22-18(21-4-2)23-14-19(24)9-11-25-12-10-19/h5-8,15,24H,3-4,9-14H2,1-2H3,(H2,21,22,23). The minimum absolute atomic E-state index is 0.193. The van der Waals surface area contributed by atoms with Gasteiger partial charge >= 0.3 is 0 Å². The van der Waals surface area contributed by atoms with Crippen LogP contribution in [0.4, 0.5) is 4.39 Å². The van der Waals surface area contributed by atoms with Crippen molar-refractivity contribution in [3.63, 3.8) is 0 Å². The molecule has 1 aromatic carbocycles. The van der Waals surface area contributed by atoms with Crippen LogP contribution in [0.2, 0.25) is 0 Å². The Hall–Kier alpha value is -1.86. The molecule has 1 aromatic rings. The molecule has 0 spiro atoms. The summed E-state index contributed by atoms with van der Waals surface area (Å²) in [5.74, 6) is 0.496. The molecule has 3 N–H and O–H groups in total. The van der Waals surface area contributed by atoms with Crippen LogP contribution in [0.5, 0.6) is 5.75 Å². The molecule has 146 valence electrons. The van der Waals surface area contributed by atoms with Crippen LogP contribution in [-0.2, 0) is 4.74 Å². The Morgan fingerprint density at radius 1 is 1.31 bits per heavy atom. The van der Waals surface area contributed by atoms with Crippen LogP contribution >= 0.6 is 0 Å². The van der Waals surface area contributed by atoms with E-state index in [2.05, 4.69) is 15.6 Å². The van der Waals surface area contributed by atoms with Gasteiger partial charge in [0.15, 0.2) is 17.5 Å². The van der Waals surface area contributed by atoms with Gasteiger partial charge < -0.3 is 25.2 Å². The average Bonchev–Trinajstić information content (AvgIpc) is 2.65. The molecule has 0 aliphatic carbocycles. The van der Waals surface area contributed by atoms with Crippen molar-refractivity contribution in [3.8, 4) is 5.75 Å². The fourth-order valence-electron chi connectivity index (χ4n) is 2.68. The number of hydrogen-bond acceptors (Lipinski definition) is 4. The average molecular weight is 367 g/mol. The molecule has 0 amide bonds. The summed E-state index contributed by atoms with van der Waals surface area (Å²) in [6.45, 7) is 6.59. The molecule has 2 rings (SSSR count). The summed E-state index contributed by atoms with van der Waals surface area (Å²) in [7, 11) is 0. The summed E-state index contributed by atoms with van der Waals surface area (Å²) in [4.78, 5) is 4.50. The maximum atomic E-state index is 13.8. The number of guanidine groups is 1. The Morgan fingerprint density at radius 3 is 2.69 bits per heavy atom. The predicted octanol–water partition coefficient (Wildman–Crippen LogP) is 2.08. The molecule has 0 bridgehead atoms. The van der Waals surface area contributed by atoms with Crippen molar-refractivity contribution in [1.82, 2.24) is 10.6 Å². The summed E-state index contributed by atoms with van der Waals surface area (Å²) in [6, 6.07) is 6.39. The Bertz CT molecular complexity index is 577. The normalized spacial score (nSPS) is 18.2. The molecule has 0 radical (unpaired) electrons. The minimum Gasteiger partial charge on any atom is -0.486 e. The number of aliphatic hydroxyl groups is 1. The van der Waals surface area contributed by atoms with Crippen LogP contribution in [0.25, 0.3) is 0 Å². The highest BCUT2D eigenvalue weighted by molar-refractivity contribution is 5.79. The molecule has 6 nitrogen and oxygen atoms in total. The lowest BCUT2D eigenvalue weighted by Crippen LogP contribution is -2.45. The van der Waals surface area contributed by atoms with Crippen molar-refractivity contribution in [1.29, 1.82) is 0 Å². The lowest BCUT2D eigenvalue weighted by Gasteiger charge is -2.30. The lowest BCUT2D eigenvalue weighted by molar-refractivity contribution is -0.0566. The molecule has 1 aliphatic rings. The van der Waals surface area contributed by atoms with Gasteiger partial charge in [-0.1, -0.05) is 19.1 Å². The monoisotopic (exact) mass is 367 g/mol. The topological polar surface area (TPSA) is 75.1 Å². The summed E-state index contributed by atoms with van der Waals surface area (Å²) < 4.78 is 24.8. The summed E-state index contributed by atoms with van der Waals surface area (Å²) in [6.07, 6.45) is 1.71. The van der Waals surface area contributed by atoms with Crippen molar-refractivity contribution in [2.24, 2.45) is 4.99 Å². The van der Waals surface area contributed by atoms with Crippen LogP contribution in [0.15, 0.2) is 29.3 Å². The van der Waals surface area contributed by atoms with Gasteiger partial charge in [-0.2, -0.15) is 0 Å². The first-order valence-corrected chi connectivity index (χ1v) is 9.30. The summed E-state index contributed by atoms with van der Waals surface area (Å²) in [5, 5.41) is 16.9. The number of benzene rings is 1. The third-order valence-electron chi connectivity index (χ3n) is 4.38. The molecular formula is C19H30FN3O3. The molecule has 1 atom stereocenters. The molecule has 1 fully saturated rings. The second-order valence-electron chi connectivity index (χ2n) is 6.49. The first kappa shape index (κ1) is 20.5. The van der Waals surface area contributed by atoms with E-state index in [4.69, 9.17) is 9.47 Å². The molecule has 1 saturated heterocycles. The summed E-state index contributed by atoms with van der Waals surface area (Å²) in [5.41, 5.74) is -0.811. The van der Waals surface area contributed by atoms with Gasteiger partial charge in [0.05, 0.1) is 18.7 Å². The number of rotatable bonds is 8. The fraction of sp³-hybridized carbons (Fsp3) is 0.632. The Morgan fingerprint density at radius 2 is 2.04 bits per heavy atom. The van der Waals surface area contributed by atoms with Crippen molar-refractivity contribution < 1.29 is 19.0 Å². The SMILES string of the molecule is CCNC(=NCC1(O)CCOCC1)NCC(CC)Oc1ccccc1F. The van der Waals surface area contributed by atoms with Crippen LogP contribution in [-0.4, -0.2) is 55.6 Å². The number of para-hydroxylation sites is 1. The second kappa shape index (κ2) is 10.3. The van der Waals surface area contributed by atoms with E-state index in [1.54, 1.807) is 18.2 Å². The van der Waals surface area contributed by atoms with E-state index < -0.39 is 5.60 Å². The van der Waals surface area contributed by atoms with Gasteiger partial charge in [-0.05, 0) is 25.5 Å². The number of nitrogens with one attached hydrogen (secondary N) is 2. The van der Waals surface area contributed by atoms with Gasteiger partial charge in [-0.3, -0.25) is 4.99 Å². The zero-order valence-electron chi connectivity index (χ0n) is 15.6. The molecule has 1 unspecified atom stereocenters. The van der Waals surface area contributed by atoms with Crippen LogP contribution in [0, 0.1) is 5.82 Å². The van der Waals surface area contributed by atoms with Crippen molar-refractivity contribution in [2.45, 2.75) is 44.8 Å². The largest absolute Gasteiger partial charge is 0.486 e. The second-order valence-corrected chi connectivity index (χ2v) is 6.49. The highest BCUT2D eigenvalue weighted by Crippen LogP contribution is 2.20. The van der Waals surface area contributed by atoms with Gasteiger partial charge in [0.2, 0.25) is 0 Å². The molecule has 7 heteroatoms. The van der Waals surface area contributed by atoms with E-state index in [-0.39, 0.29) is 17.7 Å². The van der Waals surface area contributed by atoms with Gasteiger partial charge in [-0.15, -0.1) is 0 Å². The molecule has 0 saturated carbocycles. The highest BCUT2D eigenvalue weighted by atomic mass is 19.1. The van der Waals surface area contributed by atoms with E-state index in [1.165, 1.54) is 6.07 Å². The quantitative estimate of drug-likeness (QED) is 0.485. The first-order valence-electron chi connectivity index (χ1n) is 9.30. The zero-order chi connectivity index (χ0) is 18.8. The molecule has 26 heavy (non-hydrogen) atoms. The van der Waals surface area contributed by atoms with Gasteiger partial charge in [0.1, 0.15) is 6.10 Å². The van der Waals surface area contributed by atoms with E-state index in [0.717, 1.165) is 6.42 Å². The van der Waals surface area contributed by atoms with Crippen LogP contribution in [0.3, 0.4) is 0 Å². The van der Waals surface area contributed by atoms with Gasteiger partial charge in [-0.25, -0.2) is 4.39 Å². The number of nitrogens with zero attached hydrogens (tertiary/aromatic N) is 1. The maximum Gasteiger partial charge on any atom is 0.191 e. The van der Waals surface area contributed by atoms with Crippen LogP contribution < -0.4 is 15.4 Å². The van der Waals surface area contributed by atoms with Crippen molar-refractivity contribution in [2.75, 3.05) is 32.8 Å². The number of aliphatic imine (C=N–C) groups is 1.